The Kier molecular flexibility index (Phi) is 6.12. The molecule has 27 heavy (non-hydrogen) atoms. The van der Waals surface area contributed by atoms with Crippen molar-refractivity contribution >= 4 is 11.8 Å². The molecule has 1 aliphatic carbocycles. The quantitative estimate of drug-likeness (QED) is 0.697. The van der Waals surface area contributed by atoms with Crippen LogP contribution in [0.15, 0.2) is 48.5 Å². The minimum Gasteiger partial charge on any atom is -0.456 e. The van der Waals surface area contributed by atoms with Crippen LogP contribution in [0.1, 0.15) is 48.5 Å². The first-order chi connectivity index (χ1) is 13.1. The normalized spacial score (nSPS) is 13.3. The summed E-state index contributed by atoms with van der Waals surface area (Å²) in [4.78, 5) is 24.2. The fraction of sp³-hybridized carbons (Fsp3) is 0.364. The van der Waals surface area contributed by atoms with Gasteiger partial charge in [-0.05, 0) is 42.5 Å². The van der Waals surface area contributed by atoms with E-state index in [-0.39, 0.29) is 17.7 Å². The number of ether oxygens (including phenoxy) is 1. The van der Waals surface area contributed by atoms with Crippen LogP contribution in [0.3, 0.4) is 0 Å². The molecule has 1 aliphatic rings. The molecule has 1 fully saturated rings. The van der Waals surface area contributed by atoms with E-state index in [0.29, 0.717) is 30.3 Å². The summed E-state index contributed by atoms with van der Waals surface area (Å²) in [7, 11) is 0. The Morgan fingerprint density at radius 2 is 1.59 bits per heavy atom. The van der Waals surface area contributed by atoms with E-state index in [0.717, 1.165) is 24.2 Å². The lowest BCUT2D eigenvalue weighted by molar-refractivity contribution is -0.122. The minimum atomic E-state index is -0.215. The lowest BCUT2D eigenvalue weighted by Gasteiger charge is -2.16. The number of hydrogen-bond acceptors (Lipinski definition) is 3. The van der Waals surface area contributed by atoms with E-state index in [1.54, 1.807) is 12.1 Å². The van der Waals surface area contributed by atoms with Gasteiger partial charge in [-0.2, -0.15) is 0 Å². The van der Waals surface area contributed by atoms with E-state index in [2.05, 4.69) is 24.5 Å². The standard InChI is InChI=1S/C22H26N2O3/c1-15(2)17-7-3-5-9-19(17)27-20-10-6-4-8-18(20)22(26)24-14-13-23-21(25)16-11-12-16/h3-10,15-16H,11-14H2,1-2H3,(H,23,25)(H,24,26). The van der Waals surface area contributed by atoms with Gasteiger partial charge in [0.2, 0.25) is 5.91 Å². The number of benzene rings is 2. The number of rotatable bonds is 8. The molecule has 0 saturated heterocycles. The van der Waals surface area contributed by atoms with E-state index in [1.807, 2.05) is 36.4 Å². The zero-order valence-corrected chi connectivity index (χ0v) is 15.8. The predicted molar refractivity (Wildman–Crippen MR) is 105 cm³/mol. The maximum atomic E-state index is 12.6. The van der Waals surface area contributed by atoms with Gasteiger partial charge in [-0.15, -0.1) is 0 Å². The van der Waals surface area contributed by atoms with Gasteiger partial charge >= 0.3 is 0 Å². The maximum Gasteiger partial charge on any atom is 0.255 e. The third-order valence-corrected chi connectivity index (χ3v) is 4.55. The molecule has 5 nitrogen and oxygen atoms in total. The molecule has 0 bridgehead atoms. The number of carbonyl (C=O) groups excluding carboxylic acids is 2. The van der Waals surface area contributed by atoms with Crippen molar-refractivity contribution in [1.82, 2.24) is 10.6 Å². The Labute approximate surface area is 160 Å². The molecule has 2 amide bonds. The highest BCUT2D eigenvalue weighted by molar-refractivity contribution is 5.97. The van der Waals surface area contributed by atoms with Crippen LogP contribution in [-0.4, -0.2) is 24.9 Å². The largest absolute Gasteiger partial charge is 0.456 e. The van der Waals surface area contributed by atoms with E-state index in [4.69, 9.17) is 4.74 Å². The highest BCUT2D eigenvalue weighted by atomic mass is 16.5. The first kappa shape index (κ1) is 19.0. The smallest absolute Gasteiger partial charge is 0.255 e. The van der Waals surface area contributed by atoms with Crippen molar-refractivity contribution in [3.63, 3.8) is 0 Å². The molecule has 2 aromatic carbocycles. The maximum absolute atomic E-state index is 12.6. The molecule has 1 saturated carbocycles. The molecule has 3 rings (SSSR count). The molecule has 0 unspecified atom stereocenters. The third kappa shape index (κ3) is 5.09. The summed E-state index contributed by atoms with van der Waals surface area (Å²) in [6.07, 6.45) is 1.95. The molecule has 5 heteroatoms. The average Bonchev–Trinajstić information content (AvgIpc) is 3.51. The van der Waals surface area contributed by atoms with Crippen LogP contribution < -0.4 is 15.4 Å². The Morgan fingerprint density at radius 1 is 0.963 bits per heavy atom. The van der Waals surface area contributed by atoms with Crippen LogP contribution in [0.2, 0.25) is 0 Å². The summed E-state index contributed by atoms with van der Waals surface area (Å²) in [5, 5.41) is 5.68. The van der Waals surface area contributed by atoms with Crippen LogP contribution in [0.4, 0.5) is 0 Å². The summed E-state index contributed by atoms with van der Waals surface area (Å²) in [5.74, 6) is 1.63. The molecule has 0 heterocycles. The van der Waals surface area contributed by atoms with Crippen LogP contribution >= 0.6 is 0 Å². The van der Waals surface area contributed by atoms with Gasteiger partial charge in [0.25, 0.3) is 5.91 Å². The van der Waals surface area contributed by atoms with E-state index < -0.39 is 0 Å². The summed E-state index contributed by atoms with van der Waals surface area (Å²) in [6.45, 7) is 5.03. The number of carbonyl (C=O) groups is 2. The lowest BCUT2D eigenvalue weighted by Crippen LogP contribution is -2.35. The highest BCUT2D eigenvalue weighted by Gasteiger charge is 2.29. The van der Waals surface area contributed by atoms with Gasteiger partial charge in [0, 0.05) is 19.0 Å². The van der Waals surface area contributed by atoms with E-state index >= 15 is 0 Å². The Hall–Kier alpha value is -2.82. The summed E-state index contributed by atoms with van der Waals surface area (Å²) in [6, 6.07) is 15.0. The minimum absolute atomic E-state index is 0.0817. The predicted octanol–water partition coefficient (Wildman–Crippen LogP) is 3.86. The second-order valence-electron chi connectivity index (χ2n) is 7.11. The van der Waals surface area contributed by atoms with Crippen molar-refractivity contribution < 1.29 is 14.3 Å². The molecule has 0 atom stereocenters. The average molecular weight is 366 g/mol. The van der Waals surface area contributed by atoms with Crippen molar-refractivity contribution in [1.29, 1.82) is 0 Å². The second kappa shape index (κ2) is 8.71. The van der Waals surface area contributed by atoms with Crippen LogP contribution in [0.25, 0.3) is 0 Å². The number of amides is 2. The first-order valence-electron chi connectivity index (χ1n) is 9.48. The number of para-hydroxylation sites is 2. The molecule has 0 aliphatic heterocycles. The van der Waals surface area contributed by atoms with Crippen LogP contribution in [0.5, 0.6) is 11.5 Å². The monoisotopic (exact) mass is 366 g/mol. The fourth-order valence-electron chi connectivity index (χ4n) is 2.86. The topological polar surface area (TPSA) is 67.4 Å². The number of hydrogen-bond donors (Lipinski definition) is 2. The molecule has 0 aromatic heterocycles. The SMILES string of the molecule is CC(C)c1ccccc1Oc1ccccc1C(=O)NCCNC(=O)C1CC1. The van der Waals surface area contributed by atoms with E-state index in [9.17, 15) is 9.59 Å². The van der Waals surface area contributed by atoms with E-state index in [1.165, 1.54) is 0 Å². The highest BCUT2D eigenvalue weighted by Crippen LogP contribution is 2.32. The molecule has 0 spiro atoms. The zero-order chi connectivity index (χ0) is 19.2. The van der Waals surface area contributed by atoms with Gasteiger partial charge in [0.1, 0.15) is 11.5 Å². The Balaban J connectivity index is 1.63. The van der Waals surface area contributed by atoms with Crippen molar-refractivity contribution in [2.24, 2.45) is 5.92 Å². The van der Waals surface area contributed by atoms with Crippen molar-refractivity contribution in [3.05, 3.63) is 59.7 Å². The summed E-state index contributed by atoms with van der Waals surface area (Å²) < 4.78 is 6.08. The summed E-state index contributed by atoms with van der Waals surface area (Å²) in [5.41, 5.74) is 1.57. The third-order valence-electron chi connectivity index (χ3n) is 4.55. The zero-order valence-electron chi connectivity index (χ0n) is 15.8. The molecule has 0 radical (unpaired) electrons. The van der Waals surface area contributed by atoms with Crippen LogP contribution in [0, 0.1) is 5.92 Å². The van der Waals surface area contributed by atoms with Gasteiger partial charge in [-0.25, -0.2) is 0 Å². The Morgan fingerprint density at radius 3 is 2.30 bits per heavy atom. The van der Waals surface area contributed by atoms with Gasteiger partial charge in [-0.3, -0.25) is 9.59 Å². The van der Waals surface area contributed by atoms with Crippen molar-refractivity contribution in [2.75, 3.05) is 13.1 Å². The lowest BCUT2D eigenvalue weighted by atomic mass is 10.0. The summed E-state index contributed by atoms with van der Waals surface area (Å²) >= 11 is 0. The number of nitrogens with one attached hydrogen (secondary N) is 2. The van der Waals surface area contributed by atoms with Gasteiger partial charge in [0.15, 0.2) is 0 Å². The first-order valence-corrected chi connectivity index (χ1v) is 9.48. The molecular formula is C22H26N2O3. The van der Waals surface area contributed by atoms with Gasteiger partial charge < -0.3 is 15.4 Å². The van der Waals surface area contributed by atoms with Crippen molar-refractivity contribution in [3.8, 4) is 11.5 Å². The van der Waals surface area contributed by atoms with Crippen molar-refractivity contribution in [2.45, 2.75) is 32.6 Å². The molecule has 2 N–H and O–H groups in total. The van der Waals surface area contributed by atoms with Crippen LogP contribution in [-0.2, 0) is 4.79 Å². The second-order valence-corrected chi connectivity index (χ2v) is 7.11. The van der Waals surface area contributed by atoms with Gasteiger partial charge in [0.05, 0.1) is 5.56 Å². The Bertz CT molecular complexity index is 813. The molecule has 2 aromatic rings. The molecule has 142 valence electrons. The fourth-order valence-corrected chi connectivity index (χ4v) is 2.86. The van der Waals surface area contributed by atoms with Gasteiger partial charge in [-0.1, -0.05) is 44.2 Å². The molecular weight excluding hydrogens is 340 g/mol.